The van der Waals surface area contributed by atoms with Crippen molar-refractivity contribution >= 4 is 29.1 Å². The average Bonchev–Trinajstić information content (AvgIpc) is 3.24. The lowest BCUT2D eigenvalue weighted by molar-refractivity contribution is 0.0943. The monoisotopic (exact) mass is 388 g/mol. The van der Waals surface area contributed by atoms with Gasteiger partial charge < -0.3 is 20.9 Å². The van der Waals surface area contributed by atoms with Gasteiger partial charge in [0.2, 0.25) is 0 Å². The van der Waals surface area contributed by atoms with Gasteiger partial charge in [-0.25, -0.2) is 4.98 Å². The number of H-pyrrole nitrogens is 1. The summed E-state index contributed by atoms with van der Waals surface area (Å²) >= 11 is 0. The fourth-order valence-corrected chi connectivity index (χ4v) is 2.49. The molecule has 9 nitrogen and oxygen atoms in total. The molecule has 0 saturated heterocycles. The Kier molecular flexibility index (Phi) is 5.66. The number of hydrogen-bond donors (Lipinski definition) is 4. The van der Waals surface area contributed by atoms with Crippen LogP contribution in [0.2, 0.25) is 0 Å². The van der Waals surface area contributed by atoms with E-state index >= 15 is 0 Å². The maximum Gasteiger partial charge on any atom is 0.276 e. The molecule has 3 aromatic rings. The van der Waals surface area contributed by atoms with E-state index in [4.69, 9.17) is 5.26 Å². The Morgan fingerprint density at radius 3 is 2.03 bits per heavy atom. The van der Waals surface area contributed by atoms with Crippen LogP contribution in [0.4, 0.5) is 11.4 Å². The van der Waals surface area contributed by atoms with Crippen LogP contribution in [0, 0.1) is 11.3 Å². The van der Waals surface area contributed by atoms with Crippen LogP contribution >= 0.6 is 0 Å². The van der Waals surface area contributed by atoms with Crippen LogP contribution in [0.1, 0.15) is 36.9 Å². The van der Waals surface area contributed by atoms with E-state index in [-0.39, 0.29) is 17.3 Å². The second kappa shape index (κ2) is 8.49. The number of aromatic nitrogens is 2. The molecule has 0 aliphatic rings. The summed E-state index contributed by atoms with van der Waals surface area (Å²) in [5.41, 5.74) is 1.93. The molecule has 0 aliphatic heterocycles. The molecular weight excluding hydrogens is 372 g/mol. The molecule has 0 atom stereocenters. The molecule has 0 bridgehead atoms. The molecule has 4 N–H and O–H groups in total. The van der Waals surface area contributed by atoms with Crippen molar-refractivity contribution in [3.63, 3.8) is 0 Å². The van der Waals surface area contributed by atoms with Gasteiger partial charge in [0, 0.05) is 24.0 Å². The third-order valence-corrected chi connectivity index (χ3v) is 3.99. The molecule has 3 rings (SSSR count). The van der Waals surface area contributed by atoms with Gasteiger partial charge in [-0.05, 0) is 48.5 Å². The van der Waals surface area contributed by atoms with E-state index < -0.39 is 11.8 Å². The molecular formula is C20H16N6O3. The van der Waals surface area contributed by atoms with Gasteiger partial charge in [0.1, 0.15) is 5.69 Å². The highest BCUT2D eigenvalue weighted by Gasteiger charge is 2.19. The Labute approximate surface area is 165 Å². The van der Waals surface area contributed by atoms with Crippen molar-refractivity contribution in [2.24, 2.45) is 0 Å². The van der Waals surface area contributed by atoms with E-state index in [1.54, 1.807) is 48.5 Å². The molecule has 1 heterocycles. The van der Waals surface area contributed by atoms with Gasteiger partial charge in [-0.2, -0.15) is 5.26 Å². The van der Waals surface area contributed by atoms with E-state index in [1.807, 2.05) is 6.07 Å². The molecule has 0 aliphatic carbocycles. The van der Waals surface area contributed by atoms with Gasteiger partial charge in [-0.15, -0.1) is 0 Å². The summed E-state index contributed by atoms with van der Waals surface area (Å²) in [5.74, 6) is -1.31. The predicted octanol–water partition coefficient (Wildman–Crippen LogP) is 2.15. The molecule has 1 aromatic heterocycles. The SMILES string of the molecule is CNC(=O)c1[nH]cnc1C(=O)Nc1ccc(NC(=O)c2ccc(C#N)cc2)cc1. The number of imidazole rings is 1. The van der Waals surface area contributed by atoms with Crippen molar-refractivity contribution in [2.45, 2.75) is 0 Å². The van der Waals surface area contributed by atoms with E-state index in [0.29, 0.717) is 22.5 Å². The van der Waals surface area contributed by atoms with Crippen molar-refractivity contribution in [2.75, 3.05) is 17.7 Å². The van der Waals surface area contributed by atoms with Crippen LogP contribution < -0.4 is 16.0 Å². The highest BCUT2D eigenvalue weighted by Crippen LogP contribution is 2.16. The largest absolute Gasteiger partial charge is 0.354 e. The number of hydrogen-bond acceptors (Lipinski definition) is 5. The minimum Gasteiger partial charge on any atom is -0.354 e. The molecule has 0 radical (unpaired) electrons. The lowest BCUT2D eigenvalue weighted by Crippen LogP contribution is -2.23. The maximum atomic E-state index is 12.4. The van der Waals surface area contributed by atoms with Crippen molar-refractivity contribution in [1.82, 2.24) is 15.3 Å². The van der Waals surface area contributed by atoms with Crippen LogP contribution in [0.5, 0.6) is 0 Å². The van der Waals surface area contributed by atoms with Crippen molar-refractivity contribution in [3.05, 3.63) is 77.4 Å². The van der Waals surface area contributed by atoms with Gasteiger partial charge in [0.15, 0.2) is 5.69 Å². The fourth-order valence-electron chi connectivity index (χ4n) is 2.49. The number of aromatic amines is 1. The van der Waals surface area contributed by atoms with Crippen LogP contribution in [-0.4, -0.2) is 34.7 Å². The summed E-state index contributed by atoms with van der Waals surface area (Å²) in [7, 11) is 1.45. The zero-order valence-corrected chi connectivity index (χ0v) is 15.3. The lowest BCUT2D eigenvalue weighted by atomic mass is 10.1. The van der Waals surface area contributed by atoms with Gasteiger partial charge in [-0.1, -0.05) is 0 Å². The maximum absolute atomic E-state index is 12.4. The number of benzene rings is 2. The molecule has 144 valence electrons. The summed E-state index contributed by atoms with van der Waals surface area (Å²) in [6, 6.07) is 14.7. The molecule has 3 amide bonds. The number of carbonyl (C=O) groups is 3. The molecule has 2 aromatic carbocycles. The number of nitrogens with one attached hydrogen (secondary N) is 4. The van der Waals surface area contributed by atoms with Crippen LogP contribution in [0.3, 0.4) is 0 Å². The van der Waals surface area contributed by atoms with E-state index in [9.17, 15) is 14.4 Å². The summed E-state index contributed by atoms with van der Waals surface area (Å²) < 4.78 is 0. The predicted molar refractivity (Wildman–Crippen MR) is 105 cm³/mol. The third kappa shape index (κ3) is 4.45. The van der Waals surface area contributed by atoms with Crippen molar-refractivity contribution in [1.29, 1.82) is 5.26 Å². The Bertz CT molecular complexity index is 1090. The van der Waals surface area contributed by atoms with Crippen LogP contribution in [-0.2, 0) is 0 Å². The number of amides is 3. The van der Waals surface area contributed by atoms with Gasteiger partial charge in [0.25, 0.3) is 17.7 Å². The van der Waals surface area contributed by atoms with E-state index in [0.717, 1.165) is 0 Å². The Morgan fingerprint density at radius 2 is 1.48 bits per heavy atom. The molecule has 0 spiro atoms. The molecule has 29 heavy (non-hydrogen) atoms. The first-order chi connectivity index (χ1) is 14.0. The molecule has 9 heteroatoms. The number of anilines is 2. The number of rotatable bonds is 5. The minimum absolute atomic E-state index is 0.0254. The van der Waals surface area contributed by atoms with Gasteiger partial charge in [0.05, 0.1) is 18.0 Å². The average molecular weight is 388 g/mol. The van der Waals surface area contributed by atoms with E-state index in [1.165, 1.54) is 13.4 Å². The Balaban J connectivity index is 1.65. The second-order valence-electron chi connectivity index (χ2n) is 5.88. The van der Waals surface area contributed by atoms with Gasteiger partial charge >= 0.3 is 0 Å². The molecule has 0 unspecified atom stereocenters. The smallest absolute Gasteiger partial charge is 0.276 e. The fraction of sp³-hybridized carbons (Fsp3) is 0.0500. The van der Waals surface area contributed by atoms with Gasteiger partial charge in [-0.3, -0.25) is 14.4 Å². The zero-order chi connectivity index (χ0) is 20.8. The van der Waals surface area contributed by atoms with Crippen molar-refractivity contribution in [3.8, 4) is 6.07 Å². The highest BCUT2D eigenvalue weighted by atomic mass is 16.2. The number of nitriles is 1. The third-order valence-electron chi connectivity index (χ3n) is 3.99. The summed E-state index contributed by atoms with van der Waals surface area (Å²) in [6.45, 7) is 0. The quantitative estimate of drug-likeness (QED) is 0.530. The standard InChI is InChI=1S/C20H16N6O3/c1-22-19(28)16-17(24-11-23-16)20(29)26-15-8-6-14(7-9-15)25-18(27)13-4-2-12(10-21)3-5-13/h2-9,11H,1H3,(H,22,28)(H,23,24)(H,25,27)(H,26,29). The molecule has 0 saturated carbocycles. The first-order valence-electron chi connectivity index (χ1n) is 8.50. The number of carbonyl (C=O) groups excluding carboxylic acids is 3. The van der Waals surface area contributed by atoms with Crippen molar-refractivity contribution < 1.29 is 14.4 Å². The summed E-state index contributed by atoms with van der Waals surface area (Å²) in [6.07, 6.45) is 1.27. The zero-order valence-electron chi connectivity index (χ0n) is 15.3. The van der Waals surface area contributed by atoms with Crippen LogP contribution in [0.25, 0.3) is 0 Å². The minimum atomic E-state index is -0.542. The normalized spacial score (nSPS) is 9.93. The van der Waals surface area contributed by atoms with E-state index in [2.05, 4.69) is 25.9 Å². The summed E-state index contributed by atoms with van der Waals surface area (Å²) in [4.78, 5) is 42.8. The summed E-state index contributed by atoms with van der Waals surface area (Å²) in [5, 5.41) is 16.6. The number of nitrogens with zero attached hydrogens (tertiary/aromatic N) is 2. The first kappa shape index (κ1) is 19.3. The highest BCUT2D eigenvalue weighted by molar-refractivity contribution is 6.10. The second-order valence-corrected chi connectivity index (χ2v) is 5.88. The Hall–Kier alpha value is -4.45. The van der Waals surface area contributed by atoms with Crippen LogP contribution in [0.15, 0.2) is 54.9 Å². The molecule has 0 fully saturated rings. The lowest BCUT2D eigenvalue weighted by Gasteiger charge is -2.08. The first-order valence-corrected chi connectivity index (χ1v) is 8.50. The topological polar surface area (TPSA) is 140 Å². The Morgan fingerprint density at radius 1 is 0.897 bits per heavy atom.